The number of benzene rings is 1. The fourth-order valence-corrected chi connectivity index (χ4v) is 1.54. The lowest BCUT2D eigenvalue weighted by Gasteiger charge is -2.08. The van der Waals surface area contributed by atoms with Crippen LogP contribution in [-0.4, -0.2) is 12.0 Å². The van der Waals surface area contributed by atoms with Crippen LogP contribution in [-0.2, 0) is 16.1 Å². The molecule has 9 heteroatoms. The fourth-order valence-electron chi connectivity index (χ4n) is 1.30. The number of nitroso groups, excluding NO2 is 1. The Kier molecular flexibility index (Phi) is 5.15. The highest BCUT2D eigenvalue weighted by atomic mass is 35.5. The molecular weight excluding hydrogens is 262 g/mol. The first kappa shape index (κ1) is 14.0. The van der Waals surface area contributed by atoms with Crippen molar-refractivity contribution in [2.45, 2.75) is 12.5 Å². The van der Waals surface area contributed by atoms with E-state index in [1.54, 1.807) is 6.07 Å². The average molecular weight is 272 g/mol. The minimum atomic E-state index is -0.967. The minimum Gasteiger partial charge on any atom is -0.372 e. The van der Waals surface area contributed by atoms with E-state index in [1.807, 2.05) is 0 Å². The summed E-state index contributed by atoms with van der Waals surface area (Å²) in [7, 11) is 0. The summed E-state index contributed by atoms with van der Waals surface area (Å²) >= 11 is 5.79. The van der Waals surface area contributed by atoms with Crippen LogP contribution in [0.15, 0.2) is 33.7 Å². The van der Waals surface area contributed by atoms with Crippen LogP contribution in [0.25, 0.3) is 0 Å². The highest BCUT2D eigenvalue weighted by Crippen LogP contribution is 2.26. The second kappa shape index (κ2) is 6.62. The monoisotopic (exact) mass is 271 g/mol. The summed E-state index contributed by atoms with van der Waals surface area (Å²) < 4.78 is 0. The summed E-state index contributed by atoms with van der Waals surface area (Å²) in [5, 5.41) is 9.40. The molecule has 0 saturated carbocycles. The lowest BCUT2D eigenvalue weighted by Crippen LogP contribution is -2.26. The lowest BCUT2D eigenvalue weighted by atomic mass is 10.1. The standard InChI is InChI=1S/C9H10ClN5O3/c10-6-3-5(1-2-7(6)14-17)4-8(13-15-11)9(16)18-12/h1-3,8H,4,12H2,(H2,11,13)/t8-/m0/s1. The van der Waals surface area contributed by atoms with Crippen molar-refractivity contribution in [1.82, 2.24) is 0 Å². The first-order valence-corrected chi connectivity index (χ1v) is 5.12. The first-order chi connectivity index (χ1) is 8.62. The Morgan fingerprint density at radius 1 is 1.50 bits per heavy atom. The molecule has 1 aromatic rings. The normalized spacial score (nSPS) is 12.3. The van der Waals surface area contributed by atoms with Crippen LogP contribution in [0.5, 0.6) is 0 Å². The Hall–Kier alpha value is -2.06. The van der Waals surface area contributed by atoms with Crippen molar-refractivity contribution >= 4 is 23.3 Å². The molecule has 18 heavy (non-hydrogen) atoms. The van der Waals surface area contributed by atoms with Crippen molar-refractivity contribution in [2.75, 3.05) is 0 Å². The Morgan fingerprint density at radius 3 is 2.72 bits per heavy atom. The molecule has 0 aliphatic rings. The summed E-state index contributed by atoms with van der Waals surface area (Å²) in [4.78, 5) is 25.7. The van der Waals surface area contributed by atoms with Gasteiger partial charge in [0.2, 0.25) is 0 Å². The van der Waals surface area contributed by atoms with E-state index in [0.29, 0.717) is 5.56 Å². The maximum Gasteiger partial charge on any atom is 0.351 e. The van der Waals surface area contributed by atoms with E-state index >= 15 is 0 Å². The summed E-state index contributed by atoms with van der Waals surface area (Å²) in [5.41, 5.74) is 0.744. The van der Waals surface area contributed by atoms with E-state index in [2.05, 4.69) is 20.4 Å². The van der Waals surface area contributed by atoms with E-state index in [-0.39, 0.29) is 17.1 Å². The zero-order chi connectivity index (χ0) is 13.5. The zero-order valence-corrected chi connectivity index (χ0v) is 9.87. The van der Waals surface area contributed by atoms with Crippen LogP contribution >= 0.6 is 11.6 Å². The Bertz CT molecular complexity index is 479. The van der Waals surface area contributed by atoms with Crippen molar-refractivity contribution < 1.29 is 9.63 Å². The molecule has 4 N–H and O–H groups in total. The Morgan fingerprint density at radius 2 is 2.22 bits per heavy atom. The predicted molar refractivity (Wildman–Crippen MR) is 63.7 cm³/mol. The second-order valence-electron chi connectivity index (χ2n) is 3.26. The predicted octanol–water partition coefficient (Wildman–Crippen LogP) is 1.39. The number of carbonyl (C=O) groups excluding carboxylic acids is 1. The number of hydrogen-bond acceptors (Lipinski definition) is 7. The number of hydrogen-bond donors (Lipinski definition) is 2. The molecule has 0 bridgehead atoms. The van der Waals surface area contributed by atoms with Gasteiger partial charge in [0.1, 0.15) is 5.69 Å². The SMILES string of the molecule is NN=N[C@@H](Cc1ccc(N=O)c(Cl)c1)C(=O)ON. The van der Waals surface area contributed by atoms with Crippen molar-refractivity contribution in [2.24, 2.45) is 27.3 Å². The van der Waals surface area contributed by atoms with Gasteiger partial charge in [0, 0.05) is 6.42 Å². The van der Waals surface area contributed by atoms with E-state index in [4.69, 9.17) is 23.3 Å². The highest BCUT2D eigenvalue weighted by Gasteiger charge is 2.20. The third-order valence-electron chi connectivity index (χ3n) is 2.13. The molecule has 0 spiro atoms. The van der Waals surface area contributed by atoms with Gasteiger partial charge in [-0.05, 0) is 22.9 Å². The van der Waals surface area contributed by atoms with Gasteiger partial charge in [0.05, 0.1) is 5.02 Å². The van der Waals surface area contributed by atoms with Gasteiger partial charge >= 0.3 is 5.97 Å². The topological polar surface area (TPSA) is 132 Å². The largest absolute Gasteiger partial charge is 0.372 e. The van der Waals surface area contributed by atoms with Crippen molar-refractivity contribution in [3.63, 3.8) is 0 Å². The number of carbonyl (C=O) groups is 1. The maximum atomic E-state index is 11.3. The van der Waals surface area contributed by atoms with Gasteiger partial charge in [-0.2, -0.15) is 11.0 Å². The summed E-state index contributed by atoms with van der Waals surface area (Å²) in [6, 6.07) is 3.52. The van der Waals surface area contributed by atoms with Crippen LogP contribution < -0.4 is 11.7 Å². The van der Waals surface area contributed by atoms with E-state index in [0.717, 1.165) is 0 Å². The highest BCUT2D eigenvalue weighted by molar-refractivity contribution is 6.33. The minimum absolute atomic E-state index is 0.110. The van der Waals surface area contributed by atoms with E-state index in [1.165, 1.54) is 12.1 Å². The number of halogens is 1. The molecule has 0 aromatic heterocycles. The summed E-state index contributed by atoms with van der Waals surface area (Å²) in [6.45, 7) is 0. The van der Waals surface area contributed by atoms with E-state index in [9.17, 15) is 9.70 Å². The average Bonchev–Trinajstić information content (AvgIpc) is 2.37. The molecule has 0 aliphatic carbocycles. The van der Waals surface area contributed by atoms with Crippen molar-refractivity contribution in [3.8, 4) is 0 Å². The molecule has 8 nitrogen and oxygen atoms in total. The first-order valence-electron chi connectivity index (χ1n) is 4.74. The molecular formula is C9H10ClN5O3. The second-order valence-corrected chi connectivity index (χ2v) is 3.67. The van der Waals surface area contributed by atoms with Gasteiger partial charge in [-0.15, -0.1) is 4.91 Å². The van der Waals surface area contributed by atoms with Gasteiger partial charge in [-0.3, -0.25) is 0 Å². The third kappa shape index (κ3) is 3.47. The molecule has 0 unspecified atom stereocenters. The van der Waals surface area contributed by atoms with Crippen molar-refractivity contribution in [3.05, 3.63) is 33.7 Å². The molecule has 1 aromatic carbocycles. The zero-order valence-electron chi connectivity index (χ0n) is 9.12. The molecule has 1 rings (SSSR count). The van der Waals surface area contributed by atoms with Gasteiger partial charge in [0.25, 0.3) is 0 Å². The third-order valence-corrected chi connectivity index (χ3v) is 2.44. The molecule has 0 aliphatic heterocycles. The van der Waals surface area contributed by atoms with Crippen LogP contribution in [0.1, 0.15) is 5.56 Å². The van der Waals surface area contributed by atoms with Gasteiger partial charge < -0.3 is 10.7 Å². The quantitative estimate of drug-likeness (QED) is 0.361. The molecule has 0 fully saturated rings. The molecule has 0 heterocycles. The van der Waals surface area contributed by atoms with Crippen LogP contribution in [0.2, 0.25) is 5.02 Å². The molecule has 0 saturated heterocycles. The number of nitrogens with zero attached hydrogens (tertiary/aromatic N) is 3. The summed E-state index contributed by atoms with van der Waals surface area (Å²) in [5.74, 6) is 8.86. The molecule has 96 valence electrons. The van der Waals surface area contributed by atoms with Crippen LogP contribution in [0, 0.1) is 4.91 Å². The van der Waals surface area contributed by atoms with Gasteiger partial charge in [-0.25, -0.2) is 4.79 Å². The van der Waals surface area contributed by atoms with Crippen molar-refractivity contribution in [1.29, 1.82) is 0 Å². The fraction of sp³-hybridized carbons (Fsp3) is 0.222. The van der Waals surface area contributed by atoms with Gasteiger partial charge in [-0.1, -0.05) is 22.9 Å². The number of nitrogens with two attached hydrogens (primary N) is 2. The lowest BCUT2D eigenvalue weighted by molar-refractivity contribution is -0.145. The molecule has 0 amide bonds. The molecule has 0 radical (unpaired) electrons. The Balaban J connectivity index is 2.90. The number of rotatable bonds is 5. The van der Waals surface area contributed by atoms with E-state index < -0.39 is 12.0 Å². The molecule has 1 atom stereocenters. The van der Waals surface area contributed by atoms with Gasteiger partial charge in [0.15, 0.2) is 6.04 Å². The Labute approximate surface area is 107 Å². The smallest absolute Gasteiger partial charge is 0.351 e. The van der Waals surface area contributed by atoms with Crippen LogP contribution in [0.3, 0.4) is 0 Å². The summed E-state index contributed by atoms with van der Waals surface area (Å²) in [6.07, 6.45) is 0.135. The van der Waals surface area contributed by atoms with Crippen LogP contribution in [0.4, 0.5) is 5.69 Å². The maximum absolute atomic E-state index is 11.3.